The number of ketones is 1. The molecule has 1 aliphatic heterocycles. The predicted molar refractivity (Wildman–Crippen MR) is 238 cm³/mol. The molecule has 4 fully saturated rings. The Morgan fingerprint density at radius 1 is 0.899 bits per heavy atom. The number of fused-ring (bicyclic) bond motifs is 4. The van der Waals surface area contributed by atoms with Crippen LogP contribution in [0.3, 0.4) is 0 Å². The van der Waals surface area contributed by atoms with Crippen molar-refractivity contribution in [1.82, 2.24) is 5.32 Å². The van der Waals surface area contributed by atoms with Gasteiger partial charge in [-0.2, -0.15) is 0 Å². The highest BCUT2D eigenvalue weighted by molar-refractivity contribution is 5.98. The van der Waals surface area contributed by atoms with Gasteiger partial charge in [0.25, 0.3) is 0 Å². The van der Waals surface area contributed by atoms with Crippen molar-refractivity contribution in [2.75, 3.05) is 19.8 Å². The second-order valence-electron chi connectivity index (χ2n) is 20.0. The van der Waals surface area contributed by atoms with Crippen molar-refractivity contribution in [3.8, 4) is 0 Å². The monoisotopic (exact) mass is 960 g/mol. The maximum atomic E-state index is 15.7. The number of nitrogens with one attached hydrogen (secondary N) is 1. The Kier molecular flexibility index (Phi) is 13.9. The van der Waals surface area contributed by atoms with Crippen molar-refractivity contribution < 1.29 is 81.4 Å². The lowest BCUT2D eigenvalue weighted by molar-refractivity contribution is -0.323. The van der Waals surface area contributed by atoms with Gasteiger partial charge in [-0.05, 0) is 75.3 Å². The van der Waals surface area contributed by atoms with E-state index >= 15 is 9.59 Å². The van der Waals surface area contributed by atoms with Crippen molar-refractivity contribution >= 4 is 47.7 Å². The summed E-state index contributed by atoms with van der Waals surface area (Å²) in [5.41, 5.74) is -2.11. The van der Waals surface area contributed by atoms with Gasteiger partial charge in [0.2, 0.25) is 6.10 Å². The van der Waals surface area contributed by atoms with Gasteiger partial charge in [-0.25, -0.2) is 19.2 Å². The molecule has 69 heavy (non-hydrogen) atoms. The molecule has 0 unspecified atom stereocenters. The van der Waals surface area contributed by atoms with Gasteiger partial charge in [-0.15, -0.1) is 0 Å². The van der Waals surface area contributed by atoms with Crippen LogP contribution in [0.25, 0.3) is 0 Å². The SMILES string of the molecule is CC(=O)O[C@H]1C(=O)[C@]23C[C@H]2C[C@H]2OC[C@@]2(OC(C)=O)[C@H]3[C@H](OC(=O)c2ccccc2)[C@]2(O)C[C@H](OC(=O)[C@H](OC(=O)COC(=O)CCN)[C@@H](NC(=O)OC(C)(C)C)c3ccccc3)C(C)=C1C2(C)C. The zero-order valence-electron chi connectivity index (χ0n) is 39.9. The molecular weight excluding hydrogens is 901 g/mol. The molecule has 3 saturated carbocycles. The first kappa shape index (κ1) is 50.7. The van der Waals surface area contributed by atoms with Crippen molar-refractivity contribution in [3.63, 3.8) is 0 Å². The van der Waals surface area contributed by atoms with E-state index in [0.717, 1.165) is 6.92 Å². The molecule has 0 aromatic heterocycles. The van der Waals surface area contributed by atoms with Gasteiger partial charge in [-0.3, -0.25) is 19.2 Å². The summed E-state index contributed by atoms with van der Waals surface area (Å²) >= 11 is 0. The fraction of sp³-hybridized carbons (Fsp3) is 0.560. The van der Waals surface area contributed by atoms with E-state index in [1.807, 2.05) is 0 Å². The summed E-state index contributed by atoms with van der Waals surface area (Å²) in [7, 11) is 0. The van der Waals surface area contributed by atoms with E-state index in [4.69, 9.17) is 43.6 Å². The van der Waals surface area contributed by atoms with Gasteiger partial charge in [0, 0.05) is 37.6 Å². The third-order valence-corrected chi connectivity index (χ3v) is 14.1. The van der Waals surface area contributed by atoms with Gasteiger partial charge < -0.3 is 54.1 Å². The Morgan fingerprint density at radius 3 is 2.13 bits per heavy atom. The number of nitrogens with two attached hydrogens (primary N) is 1. The molecule has 1 amide bonds. The Labute approximate surface area is 399 Å². The molecule has 7 rings (SSSR count). The zero-order valence-corrected chi connectivity index (χ0v) is 39.9. The average Bonchev–Trinajstić information content (AvgIpc) is 4.00. The molecule has 5 aliphatic rings. The van der Waals surface area contributed by atoms with Crippen LogP contribution < -0.4 is 11.1 Å². The number of aliphatic hydroxyl groups is 1. The molecule has 2 aromatic carbocycles. The van der Waals surface area contributed by atoms with Gasteiger partial charge in [0.15, 0.2) is 24.1 Å². The second-order valence-corrected chi connectivity index (χ2v) is 20.0. The van der Waals surface area contributed by atoms with Crippen LogP contribution >= 0.6 is 0 Å². The molecule has 1 spiro atoms. The third kappa shape index (κ3) is 9.47. The number of amides is 1. The van der Waals surface area contributed by atoms with Crippen LogP contribution in [0.4, 0.5) is 4.79 Å². The van der Waals surface area contributed by atoms with E-state index in [2.05, 4.69) is 5.32 Å². The van der Waals surface area contributed by atoms with E-state index in [9.17, 15) is 33.9 Å². The molecular formula is C50H60N2O17. The molecule has 1 saturated heterocycles. The Hall–Kier alpha value is -6.18. The normalized spacial score (nSPS) is 30.3. The fourth-order valence-electron chi connectivity index (χ4n) is 11.0. The standard InChI is InChI=1S/C50H60N2O17/c1-26-32(65-44(59)39(66-35(56)24-62-34(55)19-20-51)37(29-15-11-9-12-16-29)52-45(60)69-46(4,5)6)23-50(61)42(67-43(58)30-17-13-10-14-18-30)40-48(41(57)38(64-27(2)53)36(26)47(50,7)8)22-31(48)21-33-49(40,25-63-33)68-28(3)54/h9-18,31-33,37-40,42,61H,19-25,51H2,1-8H3,(H,52,60)/t31-,32+,33-,37+,38-,39-,40+,42+,48-,49+,50-/m1/s1. The number of hydrogen-bond donors (Lipinski definition) is 3. The van der Waals surface area contributed by atoms with Crippen LogP contribution in [0.1, 0.15) is 103 Å². The number of hydrogen-bond acceptors (Lipinski definition) is 18. The number of carbonyl (C=O) groups excluding carboxylic acids is 8. The minimum Gasteiger partial charge on any atom is -0.455 e. The topological polar surface area (TPSA) is 269 Å². The summed E-state index contributed by atoms with van der Waals surface area (Å²) in [4.78, 5) is 111. The maximum Gasteiger partial charge on any atom is 0.408 e. The molecule has 4 N–H and O–H groups in total. The fourth-order valence-corrected chi connectivity index (χ4v) is 11.0. The summed E-state index contributed by atoms with van der Waals surface area (Å²) in [5.74, 6) is -8.12. The summed E-state index contributed by atoms with van der Waals surface area (Å²) in [6, 6.07) is 14.4. The van der Waals surface area contributed by atoms with Crippen LogP contribution in [0.2, 0.25) is 0 Å². The Morgan fingerprint density at radius 2 is 1.55 bits per heavy atom. The van der Waals surface area contributed by atoms with Crippen LogP contribution in [-0.4, -0.2) is 120 Å². The van der Waals surface area contributed by atoms with Gasteiger partial charge in [0.05, 0.1) is 24.5 Å². The number of benzene rings is 2. The minimum atomic E-state index is -2.36. The number of ether oxygens (including phenoxy) is 8. The minimum absolute atomic E-state index is 0.0499. The number of alkyl carbamates (subject to hydrolysis) is 1. The summed E-state index contributed by atoms with van der Waals surface area (Å²) < 4.78 is 47.3. The predicted octanol–water partition coefficient (Wildman–Crippen LogP) is 3.91. The molecule has 19 nitrogen and oxygen atoms in total. The van der Waals surface area contributed by atoms with Gasteiger partial charge >= 0.3 is 41.9 Å². The van der Waals surface area contributed by atoms with Gasteiger partial charge in [-0.1, -0.05) is 62.4 Å². The highest BCUT2D eigenvalue weighted by atomic mass is 16.6. The van der Waals surface area contributed by atoms with Crippen LogP contribution in [0, 0.1) is 22.7 Å². The van der Waals surface area contributed by atoms with Crippen molar-refractivity contribution in [2.45, 2.75) is 134 Å². The lowest BCUT2D eigenvalue weighted by Gasteiger charge is -2.64. The molecule has 1 heterocycles. The van der Waals surface area contributed by atoms with E-state index in [-0.39, 0.29) is 54.7 Å². The lowest BCUT2D eigenvalue weighted by atomic mass is 9.48. The van der Waals surface area contributed by atoms with Crippen LogP contribution in [0.5, 0.6) is 0 Å². The highest BCUT2D eigenvalue weighted by Crippen LogP contribution is 2.74. The highest BCUT2D eigenvalue weighted by Gasteiger charge is 2.84. The Bertz CT molecular complexity index is 2410. The number of carbonyl (C=O) groups is 8. The van der Waals surface area contributed by atoms with Crippen molar-refractivity contribution in [3.05, 3.63) is 82.9 Å². The number of Topliss-reactive ketones (excluding diaryl/α,β-unsaturated/α-hetero) is 1. The average molecular weight is 961 g/mol. The third-order valence-electron chi connectivity index (χ3n) is 14.1. The van der Waals surface area contributed by atoms with Gasteiger partial charge in [0.1, 0.15) is 35.6 Å². The first-order valence-electron chi connectivity index (χ1n) is 22.9. The smallest absolute Gasteiger partial charge is 0.408 e. The molecule has 372 valence electrons. The molecule has 0 radical (unpaired) electrons. The first-order chi connectivity index (χ1) is 32.4. The summed E-state index contributed by atoms with van der Waals surface area (Å²) in [5, 5.41) is 16.5. The summed E-state index contributed by atoms with van der Waals surface area (Å²) in [6.07, 6.45) is -9.13. The van der Waals surface area contributed by atoms with Crippen molar-refractivity contribution in [2.24, 2.45) is 28.4 Å². The van der Waals surface area contributed by atoms with E-state index in [1.165, 1.54) is 38.1 Å². The largest absolute Gasteiger partial charge is 0.455 e. The molecule has 2 aromatic rings. The molecule has 11 atom stereocenters. The van der Waals surface area contributed by atoms with E-state index < -0.39 is 137 Å². The van der Waals surface area contributed by atoms with Crippen LogP contribution in [0.15, 0.2) is 71.8 Å². The van der Waals surface area contributed by atoms with Crippen molar-refractivity contribution in [1.29, 1.82) is 0 Å². The second kappa shape index (κ2) is 19.0. The first-order valence-corrected chi connectivity index (χ1v) is 22.9. The maximum absolute atomic E-state index is 15.7. The number of rotatable bonds is 14. The Balaban J connectivity index is 1.39. The van der Waals surface area contributed by atoms with E-state index in [0.29, 0.717) is 0 Å². The lowest BCUT2D eigenvalue weighted by Crippen LogP contribution is -2.78. The number of esters is 6. The van der Waals surface area contributed by atoms with Crippen LogP contribution in [-0.2, 0) is 66.7 Å². The summed E-state index contributed by atoms with van der Waals surface area (Å²) in [6.45, 7) is 10.6. The molecule has 19 heteroatoms. The molecule has 2 bridgehead atoms. The quantitative estimate of drug-likeness (QED) is 0.138. The zero-order chi connectivity index (χ0) is 50.4. The van der Waals surface area contributed by atoms with E-state index in [1.54, 1.807) is 71.0 Å². The molecule has 4 aliphatic carbocycles.